The number of hydrogen-bond acceptors (Lipinski definition) is 1. The van der Waals surface area contributed by atoms with Crippen LogP contribution < -0.4 is 0 Å². The van der Waals surface area contributed by atoms with Crippen LogP contribution in [0.15, 0.2) is 17.5 Å². The Morgan fingerprint density at radius 3 is 2.92 bits per heavy atom. The van der Waals surface area contributed by atoms with E-state index < -0.39 is 0 Å². The first kappa shape index (κ1) is 9.32. The third-order valence-electron chi connectivity index (χ3n) is 2.15. The highest BCUT2D eigenvalue weighted by Crippen LogP contribution is 2.33. The summed E-state index contributed by atoms with van der Waals surface area (Å²) in [4.78, 5) is 0. The van der Waals surface area contributed by atoms with E-state index in [1.54, 1.807) is 11.3 Å². The molecular formula is C10H8Cl2S. The molecule has 0 bridgehead atoms. The van der Waals surface area contributed by atoms with Gasteiger partial charge >= 0.3 is 0 Å². The zero-order valence-corrected chi connectivity index (χ0v) is 9.43. The minimum absolute atomic E-state index is 0.521. The van der Waals surface area contributed by atoms with Crippen LogP contribution in [0, 0.1) is 6.92 Å². The SMILES string of the molecule is Cc1c(Cl)cc(CCl)c2ccsc12. The van der Waals surface area contributed by atoms with Crippen molar-refractivity contribution in [3.63, 3.8) is 0 Å². The maximum atomic E-state index is 6.08. The molecule has 3 heteroatoms. The lowest BCUT2D eigenvalue weighted by atomic mass is 10.1. The van der Waals surface area contributed by atoms with Gasteiger partial charge in [0.15, 0.2) is 0 Å². The second-order valence-corrected chi connectivity index (χ2v) is 4.53. The lowest BCUT2D eigenvalue weighted by Gasteiger charge is -2.04. The highest BCUT2D eigenvalue weighted by atomic mass is 35.5. The quantitative estimate of drug-likeness (QED) is 0.629. The van der Waals surface area contributed by atoms with E-state index in [1.807, 2.05) is 13.0 Å². The van der Waals surface area contributed by atoms with E-state index in [9.17, 15) is 0 Å². The van der Waals surface area contributed by atoms with Gasteiger partial charge in [0.1, 0.15) is 0 Å². The predicted molar refractivity (Wildman–Crippen MR) is 61.1 cm³/mol. The first-order valence-electron chi connectivity index (χ1n) is 3.95. The van der Waals surface area contributed by atoms with Crippen molar-refractivity contribution >= 4 is 44.6 Å². The Labute approximate surface area is 91.1 Å². The van der Waals surface area contributed by atoms with E-state index in [-0.39, 0.29) is 0 Å². The van der Waals surface area contributed by atoms with Gasteiger partial charge in [0, 0.05) is 15.6 Å². The fraction of sp³-hybridized carbons (Fsp3) is 0.200. The van der Waals surface area contributed by atoms with E-state index in [1.165, 1.54) is 10.1 Å². The van der Waals surface area contributed by atoms with E-state index in [4.69, 9.17) is 23.2 Å². The molecule has 1 aromatic carbocycles. The number of benzene rings is 1. The molecule has 0 aliphatic heterocycles. The summed E-state index contributed by atoms with van der Waals surface area (Å²) in [5.74, 6) is 0.521. The van der Waals surface area contributed by atoms with Crippen LogP contribution in [0.3, 0.4) is 0 Å². The summed E-state index contributed by atoms with van der Waals surface area (Å²) >= 11 is 13.6. The van der Waals surface area contributed by atoms with Crippen LogP contribution >= 0.6 is 34.5 Å². The second kappa shape index (κ2) is 3.49. The number of aryl methyl sites for hydroxylation is 1. The molecule has 0 N–H and O–H groups in total. The third-order valence-corrected chi connectivity index (χ3v) is 3.87. The molecule has 0 unspecified atom stereocenters. The number of rotatable bonds is 1. The highest BCUT2D eigenvalue weighted by Gasteiger charge is 2.07. The lowest BCUT2D eigenvalue weighted by molar-refractivity contribution is 1.43. The standard InChI is InChI=1S/C10H8Cl2S/c1-6-9(12)4-7(5-11)8-2-3-13-10(6)8/h2-4H,5H2,1H3. The summed E-state index contributed by atoms with van der Waals surface area (Å²) in [5.41, 5.74) is 2.27. The van der Waals surface area contributed by atoms with Crippen LogP contribution in [0.25, 0.3) is 10.1 Å². The van der Waals surface area contributed by atoms with Crippen molar-refractivity contribution in [2.75, 3.05) is 0 Å². The van der Waals surface area contributed by atoms with E-state index in [0.717, 1.165) is 16.1 Å². The fourth-order valence-corrected chi connectivity index (χ4v) is 2.87. The summed E-state index contributed by atoms with van der Waals surface area (Å²) in [6.07, 6.45) is 0. The molecule has 0 amide bonds. The molecule has 0 saturated carbocycles. The van der Waals surface area contributed by atoms with Gasteiger partial charge in [0.05, 0.1) is 0 Å². The minimum atomic E-state index is 0.521. The summed E-state index contributed by atoms with van der Waals surface area (Å²) in [6.45, 7) is 2.04. The fourth-order valence-electron chi connectivity index (χ4n) is 1.41. The number of hydrogen-bond donors (Lipinski definition) is 0. The van der Waals surface area contributed by atoms with E-state index in [0.29, 0.717) is 5.88 Å². The monoisotopic (exact) mass is 230 g/mol. The zero-order valence-electron chi connectivity index (χ0n) is 7.10. The van der Waals surface area contributed by atoms with Crippen molar-refractivity contribution in [1.82, 2.24) is 0 Å². The van der Waals surface area contributed by atoms with Crippen molar-refractivity contribution in [1.29, 1.82) is 0 Å². The van der Waals surface area contributed by atoms with Gasteiger partial charge < -0.3 is 0 Å². The van der Waals surface area contributed by atoms with Crippen LogP contribution in [0.2, 0.25) is 5.02 Å². The largest absolute Gasteiger partial charge is 0.143 e. The second-order valence-electron chi connectivity index (χ2n) is 2.94. The molecule has 0 fully saturated rings. The molecule has 2 rings (SSSR count). The van der Waals surface area contributed by atoms with Gasteiger partial charge in [-0.05, 0) is 40.9 Å². The smallest absolute Gasteiger partial charge is 0.0481 e. The van der Waals surface area contributed by atoms with Crippen LogP contribution in [0.1, 0.15) is 11.1 Å². The van der Waals surface area contributed by atoms with E-state index >= 15 is 0 Å². The Kier molecular flexibility index (Phi) is 2.50. The first-order valence-corrected chi connectivity index (χ1v) is 5.74. The summed E-state index contributed by atoms with van der Waals surface area (Å²) in [5, 5.41) is 4.12. The van der Waals surface area contributed by atoms with Crippen LogP contribution in [0.4, 0.5) is 0 Å². The molecule has 0 aliphatic carbocycles. The van der Waals surface area contributed by atoms with Crippen molar-refractivity contribution in [3.8, 4) is 0 Å². The lowest BCUT2D eigenvalue weighted by Crippen LogP contribution is -1.83. The highest BCUT2D eigenvalue weighted by molar-refractivity contribution is 7.17. The van der Waals surface area contributed by atoms with Gasteiger partial charge in [-0.25, -0.2) is 0 Å². The van der Waals surface area contributed by atoms with Crippen molar-refractivity contribution < 1.29 is 0 Å². The Balaban J connectivity index is 2.87. The zero-order chi connectivity index (χ0) is 9.42. The number of halogens is 2. The Morgan fingerprint density at radius 2 is 2.23 bits per heavy atom. The molecule has 0 radical (unpaired) electrons. The van der Waals surface area contributed by atoms with Gasteiger partial charge in [-0.2, -0.15) is 0 Å². The number of alkyl halides is 1. The predicted octanol–water partition coefficient (Wildman–Crippen LogP) is 4.60. The number of thiophene rings is 1. The summed E-state index contributed by atoms with van der Waals surface area (Å²) < 4.78 is 1.25. The molecule has 1 heterocycles. The normalized spacial score (nSPS) is 11.0. The van der Waals surface area contributed by atoms with Gasteiger partial charge in [0.2, 0.25) is 0 Å². The van der Waals surface area contributed by atoms with Crippen LogP contribution in [0.5, 0.6) is 0 Å². The molecule has 0 nitrogen and oxygen atoms in total. The molecular weight excluding hydrogens is 223 g/mol. The molecule has 0 atom stereocenters. The van der Waals surface area contributed by atoms with Gasteiger partial charge in [0.25, 0.3) is 0 Å². The number of fused-ring (bicyclic) bond motifs is 1. The van der Waals surface area contributed by atoms with E-state index in [2.05, 4.69) is 11.4 Å². The average molecular weight is 231 g/mol. The maximum Gasteiger partial charge on any atom is 0.0481 e. The van der Waals surface area contributed by atoms with Gasteiger partial charge in [-0.15, -0.1) is 22.9 Å². The maximum absolute atomic E-state index is 6.08. The Bertz CT molecular complexity index is 445. The average Bonchev–Trinajstić information content (AvgIpc) is 2.60. The van der Waals surface area contributed by atoms with Gasteiger partial charge in [-0.3, -0.25) is 0 Å². The van der Waals surface area contributed by atoms with Crippen LogP contribution in [-0.2, 0) is 5.88 Å². The summed E-state index contributed by atoms with van der Waals surface area (Å²) in [6, 6.07) is 4.06. The molecule has 0 saturated heterocycles. The molecule has 2 aromatic rings. The summed E-state index contributed by atoms with van der Waals surface area (Å²) in [7, 11) is 0. The Hall–Kier alpha value is -0.240. The van der Waals surface area contributed by atoms with Crippen molar-refractivity contribution in [2.45, 2.75) is 12.8 Å². The molecule has 68 valence electrons. The van der Waals surface area contributed by atoms with Gasteiger partial charge in [-0.1, -0.05) is 11.6 Å². The molecule has 13 heavy (non-hydrogen) atoms. The van der Waals surface area contributed by atoms with Crippen molar-refractivity contribution in [3.05, 3.63) is 33.7 Å². The Morgan fingerprint density at radius 1 is 1.46 bits per heavy atom. The molecule has 1 aromatic heterocycles. The minimum Gasteiger partial charge on any atom is -0.143 e. The topological polar surface area (TPSA) is 0 Å². The first-order chi connectivity index (χ1) is 6.24. The molecule has 0 aliphatic rings. The molecule has 0 spiro atoms. The van der Waals surface area contributed by atoms with Crippen molar-refractivity contribution in [2.24, 2.45) is 0 Å². The van der Waals surface area contributed by atoms with Crippen LogP contribution in [-0.4, -0.2) is 0 Å². The third kappa shape index (κ3) is 1.45.